The van der Waals surface area contributed by atoms with Gasteiger partial charge in [0.1, 0.15) is 12.2 Å². The Hall–Kier alpha value is -1.87. The smallest absolute Gasteiger partial charge is 0.242 e. The Morgan fingerprint density at radius 2 is 1.59 bits per heavy atom. The summed E-state index contributed by atoms with van der Waals surface area (Å²) in [7, 11) is 0. The minimum absolute atomic E-state index is 0.00527. The second-order valence-electron chi connectivity index (χ2n) is 6.67. The second kappa shape index (κ2) is 15.2. The maximum atomic E-state index is 11.2. The molecule has 0 aliphatic rings. The predicted octanol–water partition coefficient (Wildman–Crippen LogP) is 2.59. The number of nitro groups is 2. The monoisotopic (exact) mass is 387 g/mol. The van der Waals surface area contributed by atoms with E-state index in [1.54, 1.807) is 12.4 Å². The molecule has 27 heavy (non-hydrogen) atoms. The normalized spacial score (nSPS) is 16.0. The van der Waals surface area contributed by atoms with Crippen molar-refractivity contribution in [3.8, 4) is 0 Å². The van der Waals surface area contributed by atoms with Crippen molar-refractivity contribution in [3.05, 3.63) is 32.4 Å². The van der Waals surface area contributed by atoms with E-state index in [0.29, 0.717) is 12.8 Å². The Balaban J connectivity index is 4.63. The van der Waals surface area contributed by atoms with Crippen molar-refractivity contribution in [3.63, 3.8) is 0 Å². The molecule has 0 aromatic heterocycles. The molecule has 0 aromatic rings. The summed E-state index contributed by atoms with van der Waals surface area (Å²) in [6, 6.07) is -2.65. The molecule has 4 unspecified atom stereocenters. The van der Waals surface area contributed by atoms with E-state index < -0.39 is 40.6 Å². The summed E-state index contributed by atoms with van der Waals surface area (Å²) in [5, 5.41) is 42.5. The fourth-order valence-corrected chi connectivity index (χ4v) is 2.80. The standard InChI is InChI=1S/C18H31N2O7/c1-2-3-4-5-6-8-11-15(19(24)25)17(22)14-18(23)16(20(26)27)12-9-7-10-13-21/h6,8,15-18,22-23H,2-5,7,9-12,14H2,1H3/b8-6-. The van der Waals surface area contributed by atoms with Gasteiger partial charge < -0.3 is 10.2 Å². The third-order valence-electron chi connectivity index (χ3n) is 4.46. The molecule has 0 aromatic carbocycles. The highest BCUT2D eigenvalue weighted by atomic mass is 16.6. The molecule has 155 valence electrons. The number of carbonyl (C=O) groups excluding carboxylic acids is 1. The van der Waals surface area contributed by atoms with Gasteiger partial charge in [-0.25, -0.2) is 0 Å². The first-order valence-corrected chi connectivity index (χ1v) is 9.48. The number of unbranched alkanes of at least 4 members (excludes halogenated alkanes) is 5. The van der Waals surface area contributed by atoms with Gasteiger partial charge in [0.15, 0.2) is 6.29 Å². The van der Waals surface area contributed by atoms with Crippen molar-refractivity contribution in [2.24, 2.45) is 0 Å². The highest BCUT2D eigenvalue weighted by Crippen LogP contribution is 2.17. The number of allylic oxidation sites excluding steroid dienone is 1. The summed E-state index contributed by atoms with van der Waals surface area (Å²) in [4.78, 5) is 31.2. The van der Waals surface area contributed by atoms with Crippen LogP contribution in [0.3, 0.4) is 0 Å². The van der Waals surface area contributed by atoms with Crippen molar-refractivity contribution in [1.82, 2.24) is 0 Å². The van der Waals surface area contributed by atoms with Crippen molar-refractivity contribution < 1.29 is 24.9 Å². The molecule has 2 N–H and O–H groups in total. The number of rotatable bonds is 17. The molecule has 0 saturated heterocycles. The van der Waals surface area contributed by atoms with E-state index in [0.717, 1.165) is 25.7 Å². The zero-order valence-electron chi connectivity index (χ0n) is 15.9. The average Bonchev–Trinajstić information content (AvgIpc) is 2.60. The summed E-state index contributed by atoms with van der Waals surface area (Å²) in [6.07, 6.45) is 6.66. The molecule has 9 nitrogen and oxygen atoms in total. The predicted molar refractivity (Wildman–Crippen MR) is 100 cm³/mol. The first-order valence-electron chi connectivity index (χ1n) is 9.48. The van der Waals surface area contributed by atoms with Crippen molar-refractivity contribution in [2.75, 3.05) is 0 Å². The molecular weight excluding hydrogens is 356 g/mol. The van der Waals surface area contributed by atoms with Gasteiger partial charge in [0.2, 0.25) is 12.1 Å². The van der Waals surface area contributed by atoms with Crippen LogP contribution in [0.15, 0.2) is 12.2 Å². The van der Waals surface area contributed by atoms with E-state index in [1.807, 2.05) is 6.08 Å². The fraction of sp³-hybridized carbons (Fsp3) is 0.833. The molecule has 9 heteroatoms. The third-order valence-corrected chi connectivity index (χ3v) is 4.46. The summed E-state index contributed by atoms with van der Waals surface area (Å²) < 4.78 is 0. The van der Waals surface area contributed by atoms with Gasteiger partial charge in [-0.3, -0.25) is 25.0 Å². The first kappa shape index (κ1) is 25.1. The molecule has 0 bridgehead atoms. The number of hydrogen-bond donors (Lipinski definition) is 2. The number of aliphatic hydroxyl groups excluding tert-OH is 2. The lowest BCUT2D eigenvalue weighted by molar-refractivity contribution is -0.543. The maximum Gasteiger partial charge on any atom is 0.242 e. The molecule has 0 spiro atoms. The molecular formula is C18H31N2O7. The zero-order valence-corrected chi connectivity index (χ0v) is 15.9. The maximum absolute atomic E-state index is 11.2. The van der Waals surface area contributed by atoms with Gasteiger partial charge in [0.25, 0.3) is 0 Å². The van der Waals surface area contributed by atoms with Crippen LogP contribution in [0.25, 0.3) is 0 Å². The molecule has 0 heterocycles. The molecule has 1 radical (unpaired) electrons. The third kappa shape index (κ3) is 11.4. The van der Waals surface area contributed by atoms with E-state index in [9.17, 15) is 35.2 Å². The number of nitrogens with zero attached hydrogens (tertiary/aromatic N) is 2. The van der Waals surface area contributed by atoms with Gasteiger partial charge in [-0.05, 0) is 25.7 Å². The van der Waals surface area contributed by atoms with E-state index in [-0.39, 0.29) is 19.3 Å². The van der Waals surface area contributed by atoms with Crippen LogP contribution in [-0.2, 0) is 4.79 Å². The van der Waals surface area contributed by atoms with Crippen LogP contribution in [-0.4, -0.2) is 50.6 Å². The van der Waals surface area contributed by atoms with Crippen LogP contribution in [0.1, 0.15) is 71.1 Å². The summed E-state index contributed by atoms with van der Waals surface area (Å²) in [6.45, 7) is 2.08. The largest absolute Gasteiger partial charge is 0.386 e. The Morgan fingerprint density at radius 3 is 2.15 bits per heavy atom. The van der Waals surface area contributed by atoms with Gasteiger partial charge in [-0.2, -0.15) is 0 Å². The zero-order chi connectivity index (χ0) is 20.7. The Kier molecular flexibility index (Phi) is 14.2. The minimum Gasteiger partial charge on any atom is -0.386 e. The van der Waals surface area contributed by atoms with E-state index in [4.69, 9.17) is 0 Å². The summed E-state index contributed by atoms with van der Waals surface area (Å²) in [5.41, 5.74) is 0. The number of aliphatic hydroxyl groups is 2. The second-order valence-corrected chi connectivity index (χ2v) is 6.67. The molecule has 0 saturated carbocycles. The summed E-state index contributed by atoms with van der Waals surface area (Å²) >= 11 is 0. The van der Waals surface area contributed by atoms with Gasteiger partial charge in [-0.1, -0.05) is 31.9 Å². The van der Waals surface area contributed by atoms with E-state index in [1.165, 1.54) is 0 Å². The number of hydrogen-bond acceptors (Lipinski definition) is 7. The van der Waals surface area contributed by atoms with Gasteiger partial charge in [-0.15, -0.1) is 0 Å². The SMILES string of the molecule is CCCCC/C=C\CC(C(O)CC(O)C(CCCC[C]=O)[N+](=O)[O-])[N+](=O)[O-]. The van der Waals surface area contributed by atoms with Crippen molar-refractivity contribution in [1.29, 1.82) is 0 Å². The summed E-state index contributed by atoms with van der Waals surface area (Å²) in [5.74, 6) is 0. The highest BCUT2D eigenvalue weighted by molar-refractivity contribution is 5.50. The Labute approximate surface area is 159 Å². The van der Waals surface area contributed by atoms with E-state index in [2.05, 4.69) is 6.92 Å². The highest BCUT2D eigenvalue weighted by Gasteiger charge is 2.36. The lowest BCUT2D eigenvalue weighted by Crippen LogP contribution is -2.41. The lowest BCUT2D eigenvalue weighted by atomic mass is 9.95. The van der Waals surface area contributed by atoms with Crippen molar-refractivity contribution >= 4 is 6.29 Å². The van der Waals surface area contributed by atoms with Crippen LogP contribution in [0.5, 0.6) is 0 Å². The average molecular weight is 387 g/mol. The lowest BCUT2D eigenvalue weighted by Gasteiger charge is -2.20. The van der Waals surface area contributed by atoms with Gasteiger partial charge in [0.05, 0.1) is 0 Å². The molecule has 0 rings (SSSR count). The minimum atomic E-state index is -1.49. The van der Waals surface area contributed by atoms with Crippen LogP contribution < -0.4 is 0 Å². The molecule has 4 atom stereocenters. The quantitative estimate of drug-likeness (QED) is 0.169. The van der Waals surface area contributed by atoms with Gasteiger partial charge >= 0.3 is 0 Å². The van der Waals surface area contributed by atoms with Crippen LogP contribution in [0.2, 0.25) is 0 Å². The van der Waals surface area contributed by atoms with Crippen LogP contribution >= 0.6 is 0 Å². The Morgan fingerprint density at radius 1 is 0.963 bits per heavy atom. The molecule has 0 aliphatic heterocycles. The molecule has 0 aliphatic carbocycles. The van der Waals surface area contributed by atoms with Gasteiger partial charge in [0, 0.05) is 35.5 Å². The first-order chi connectivity index (χ1) is 12.8. The van der Waals surface area contributed by atoms with Crippen molar-refractivity contribution in [2.45, 2.75) is 95.4 Å². The Bertz CT molecular complexity index is 471. The van der Waals surface area contributed by atoms with E-state index >= 15 is 0 Å². The topological polar surface area (TPSA) is 144 Å². The fourth-order valence-electron chi connectivity index (χ4n) is 2.80. The van der Waals surface area contributed by atoms with Crippen LogP contribution in [0, 0.1) is 20.2 Å². The van der Waals surface area contributed by atoms with Crippen LogP contribution in [0.4, 0.5) is 0 Å². The molecule has 0 fully saturated rings. The molecule has 0 amide bonds.